The maximum absolute atomic E-state index is 5.83. The highest BCUT2D eigenvalue weighted by Crippen LogP contribution is 2.36. The Balaban J connectivity index is 1.48. The zero-order valence-corrected chi connectivity index (χ0v) is 15.4. The lowest BCUT2D eigenvalue weighted by Gasteiger charge is -2.16. The van der Waals surface area contributed by atoms with Gasteiger partial charge in [0.2, 0.25) is 12.7 Å². The molecule has 2 atom stereocenters. The van der Waals surface area contributed by atoms with Gasteiger partial charge in [0.05, 0.1) is 6.61 Å². The van der Waals surface area contributed by atoms with Crippen molar-refractivity contribution in [2.75, 3.05) is 26.3 Å². The van der Waals surface area contributed by atoms with Crippen molar-refractivity contribution >= 4 is 17.7 Å². The van der Waals surface area contributed by atoms with Crippen molar-refractivity contribution in [3.8, 4) is 11.5 Å². The predicted octanol–water partition coefficient (Wildman–Crippen LogP) is 3.97. The first kappa shape index (κ1) is 17.1. The molecule has 1 saturated heterocycles. The molecule has 5 nitrogen and oxygen atoms in total. The highest BCUT2D eigenvalue weighted by molar-refractivity contribution is 7.99. The van der Waals surface area contributed by atoms with Crippen LogP contribution in [0.3, 0.4) is 0 Å². The van der Waals surface area contributed by atoms with E-state index in [1.807, 2.05) is 30.0 Å². The number of thioether (sulfide) groups is 1. The molecule has 136 valence electrons. The van der Waals surface area contributed by atoms with Gasteiger partial charge in [0.1, 0.15) is 7.11 Å². The van der Waals surface area contributed by atoms with Crippen LogP contribution in [-0.2, 0) is 16.0 Å². The van der Waals surface area contributed by atoms with Gasteiger partial charge in [-0.1, -0.05) is 29.4 Å². The van der Waals surface area contributed by atoms with Crippen LogP contribution in [0.4, 0.5) is 0 Å². The highest BCUT2D eigenvalue weighted by Gasteiger charge is 2.36. The molecule has 26 heavy (non-hydrogen) atoms. The van der Waals surface area contributed by atoms with Gasteiger partial charge in [-0.25, -0.2) is 0 Å². The van der Waals surface area contributed by atoms with E-state index in [9.17, 15) is 0 Å². The van der Waals surface area contributed by atoms with Gasteiger partial charge in [-0.3, -0.25) is 0 Å². The Bertz CT molecular complexity index is 781. The van der Waals surface area contributed by atoms with Crippen LogP contribution < -0.4 is 9.47 Å². The summed E-state index contributed by atoms with van der Waals surface area (Å²) in [7, 11) is 1.56. The molecule has 0 unspecified atom stereocenters. The van der Waals surface area contributed by atoms with E-state index in [-0.39, 0.29) is 12.7 Å². The predicted molar refractivity (Wildman–Crippen MR) is 101 cm³/mol. The van der Waals surface area contributed by atoms with Crippen molar-refractivity contribution in [2.45, 2.75) is 11.3 Å². The van der Waals surface area contributed by atoms with Crippen molar-refractivity contribution in [1.29, 1.82) is 0 Å². The zero-order valence-electron chi connectivity index (χ0n) is 14.6. The Kier molecular flexibility index (Phi) is 5.20. The van der Waals surface area contributed by atoms with E-state index in [0.29, 0.717) is 18.4 Å². The van der Waals surface area contributed by atoms with Crippen molar-refractivity contribution in [2.24, 2.45) is 17.0 Å². The highest BCUT2D eigenvalue weighted by atomic mass is 32.2. The van der Waals surface area contributed by atoms with E-state index in [4.69, 9.17) is 19.0 Å². The Morgan fingerprint density at radius 1 is 1.08 bits per heavy atom. The number of benzene rings is 2. The average Bonchev–Trinajstić information content (AvgIpc) is 3.28. The fourth-order valence-corrected chi connectivity index (χ4v) is 4.35. The molecule has 2 aliphatic rings. The third-order valence-electron chi connectivity index (χ3n) is 4.61. The topological polar surface area (TPSA) is 49.3 Å². The third-order valence-corrected chi connectivity index (χ3v) is 5.81. The van der Waals surface area contributed by atoms with E-state index in [1.54, 1.807) is 7.11 Å². The van der Waals surface area contributed by atoms with Gasteiger partial charge in [0.15, 0.2) is 11.5 Å². The molecule has 2 aromatic rings. The number of rotatable bonds is 6. The molecule has 2 aliphatic heterocycles. The summed E-state index contributed by atoms with van der Waals surface area (Å²) in [4.78, 5) is 6.26. The van der Waals surface area contributed by atoms with Crippen molar-refractivity contribution in [3.05, 3.63) is 54.1 Å². The minimum absolute atomic E-state index is 0.187. The molecule has 0 radical (unpaired) electrons. The quantitative estimate of drug-likeness (QED) is 0.568. The van der Waals surface area contributed by atoms with Gasteiger partial charge < -0.3 is 19.0 Å². The van der Waals surface area contributed by atoms with Gasteiger partial charge in [0, 0.05) is 22.5 Å². The van der Waals surface area contributed by atoms with E-state index in [2.05, 4.69) is 35.5 Å². The van der Waals surface area contributed by atoms with Gasteiger partial charge in [-0.15, -0.1) is 11.8 Å². The maximum Gasteiger partial charge on any atom is 0.231 e. The zero-order chi connectivity index (χ0) is 17.8. The Hall–Kier alpha value is -2.34. The van der Waals surface area contributed by atoms with Gasteiger partial charge >= 0.3 is 0 Å². The number of hydrogen-bond acceptors (Lipinski definition) is 6. The summed E-state index contributed by atoms with van der Waals surface area (Å²) < 4.78 is 16.7. The lowest BCUT2D eigenvalue weighted by atomic mass is 9.90. The number of oxime groups is 1. The number of ether oxygens (including phenoxy) is 3. The number of hydrogen-bond donors (Lipinski definition) is 0. The summed E-state index contributed by atoms with van der Waals surface area (Å²) >= 11 is 1.85. The first-order valence-electron chi connectivity index (χ1n) is 8.63. The normalized spacial score (nSPS) is 22.4. The molecule has 6 heteroatoms. The van der Waals surface area contributed by atoms with E-state index in [1.165, 1.54) is 10.5 Å². The SMILES string of the molecule is CO/N=C1\OC[C@@H](CSc2ccccc2)[C@H]1Cc1ccc2c(c1)OCO2. The number of fused-ring (bicyclic) bond motifs is 1. The standard InChI is InChI=1S/C20H21NO4S/c1-22-21-20-17(9-14-7-8-18-19(10-14)25-13-24-18)15(11-23-20)12-26-16-5-3-2-4-6-16/h2-8,10,15,17H,9,11-13H2,1H3/b21-20-/t15-,17+/m0/s1. The molecule has 0 saturated carbocycles. The summed E-state index contributed by atoms with van der Waals surface area (Å²) in [5.41, 5.74) is 1.18. The second-order valence-corrected chi connectivity index (χ2v) is 7.40. The van der Waals surface area contributed by atoms with E-state index >= 15 is 0 Å². The molecule has 2 heterocycles. The fourth-order valence-electron chi connectivity index (χ4n) is 3.26. The first-order valence-corrected chi connectivity index (χ1v) is 9.62. The molecular formula is C20H21NO4S. The second-order valence-electron chi connectivity index (χ2n) is 6.31. The van der Waals surface area contributed by atoms with Gasteiger partial charge in [-0.2, -0.15) is 0 Å². The van der Waals surface area contributed by atoms with Crippen LogP contribution in [0.2, 0.25) is 0 Å². The van der Waals surface area contributed by atoms with Crippen LogP contribution in [-0.4, -0.2) is 32.2 Å². The Morgan fingerprint density at radius 3 is 2.77 bits per heavy atom. The molecule has 0 bridgehead atoms. The van der Waals surface area contributed by atoms with Crippen LogP contribution in [0.25, 0.3) is 0 Å². The maximum atomic E-state index is 5.83. The minimum Gasteiger partial charge on any atom is -0.478 e. The van der Waals surface area contributed by atoms with Crippen molar-refractivity contribution in [3.63, 3.8) is 0 Å². The van der Waals surface area contributed by atoms with Crippen LogP contribution in [0.5, 0.6) is 11.5 Å². The molecule has 2 aromatic carbocycles. The smallest absolute Gasteiger partial charge is 0.231 e. The lowest BCUT2D eigenvalue weighted by molar-refractivity contribution is 0.174. The van der Waals surface area contributed by atoms with Crippen LogP contribution in [0.1, 0.15) is 5.56 Å². The molecular weight excluding hydrogens is 350 g/mol. The minimum atomic E-state index is 0.187. The van der Waals surface area contributed by atoms with Crippen LogP contribution in [0.15, 0.2) is 58.6 Å². The average molecular weight is 371 g/mol. The van der Waals surface area contributed by atoms with E-state index < -0.39 is 0 Å². The lowest BCUT2D eigenvalue weighted by Crippen LogP contribution is -2.21. The monoisotopic (exact) mass is 371 g/mol. The Morgan fingerprint density at radius 2 is 1.92 bits per heavy atom. The summed E-state index contributed by atoms with van der Waals surface area (Å²) in [6.07, 6.45) is 0.832. The molecule has 0 aliphatic carbocycles. The molecule has 1 fully saturated rings. The second kappa shape index (κ2) is 7.91. The fraction of sp³-hybridized carbons (Fsp3) is 0.350. The largest absolute Gasteiger partial charge is 0.478 e. The summed E-state index contributed by atoms with van der Waals surface area (Å²) in [5, 5.41) is 4.11. The molecule has 0 aromatic heterocycles. The third kappa shape index (κ3) is 3.75. The molecule has 0 amide bonds. The van der Waals surface area contributed by atoms with Crippen LogP contribution >= 0.6 is 11.8 Å². The summed E-state index contributed by atoms with van der Waals surface area (Å²) in [6.45, 7) is 0.954. The van der Waals surface area contributed by atoms with Crippen LogP contribution in [0, 0.1) is 11.8 Å². The van der Waals surface area contributed by atoms with Gasteiger partial charge in [-0.05, 0) is 36.2 Å². The number of nitrogens with zero attached hydrogens (tertiary/aromatic N) is 1. The summed E-state index contributed by atoms with van der Waals surface area (Å²) in [6, 6.07) is 16.5. The van der Waals surface area contributed by atoms with Crippen molar-refractivity contribution in [1.82, 2.24) is 0 Å². The Labute approximate surface area is 157 Å². The van der Waals surface area contributed by atoms with E-state index in [0.717, 1.165) is 23.7 Å². The first-order chi connectivity index (χ1) is 12.8. The van der Waals surface area contributed by atoms with Crippen molar-refractivity contribution < 1.29 is 19.0 Å². The summed E-state index contributed by atoms with van der Waals surface area (Å²) in [5.74, 6) is 3.83. The van der Waals surface area contributed by atoms with Gasteiger partial charge in [0.25, 0.3) is 0 Å². The molecule has 0 N–H and O–H groups in total. The molecule has 0 spiro atoms. The molecule has 4 rings (SSSR count).